The summed E-state index contributed by atoms with van der Waals surface area (Å²) in [7, 11) is 0. The number of carbonyl (C=O) groups is 1. The number of aromatic nitrogens is 2. The van der Waals surface area contributed by atoms with Crippen LogP contribution in [0.25, 0.3) is 22.3 Å². The highest BCUT2D eigenvalue weighted by Gasteiger charge is 2.55. The number of amides is 1. The van der Waals surface area contributed by atoms with Crippen molar-refractivity contribution in [3.63, 3.8) is 0 Å². The molecule has 5 heterocycles. The van der Waals surface area contributed by atoms with Gasteiger partial charge in [-0.15, -0.1) is 0 Å². The molecule has 1 aromatic carbocycles. The number of nitrogens with zero attached hydrogens (tertiary/aromatic N) is 2. The zero-order valence-corrected chi connectivity index (χ0v) is 16.3. The first-order valence-electron chi connectivity index (χ1n) is 9.95. The lowest BCUT2D eigenvalue weighted by atomic mass is 9.85. The lowest BCUT2D eigenvalue weighted by Gasteiger charge is -2.41. The number of carbonyl (C=O) groups excluding carboxylic acids is 1. The van der Waals surface area contributed by atoms with Gasteiger partial charge in [-0.05, 0) is 24.6 Å². The van der Waals surface area contributed by atoms with Gasteiger partial charge in [0.2, 0.25) is 0 Å². The molecule has 0 radical (unpaired) electrons. The number of rotatable bonds is 1. The SMILES string of the molecule is CC[C@@]12O[C@](O)(CNC1=O)OCc1c2cc2n(c1=O)Cc1cc3ccccc3nc1-2. The van der Waals surface area contributed by atoms with Crippen molar-refractivity contribution >= 4 is 16.8 Å². The molecule has 1 fully saturated rings. The van der Waals surface area contributed by atoms with Crippen molar-refractivity contribution in [2.24, 2.45) is 0 Å². The number of benzene rings is 1. The number of para-hydroxylation sites is 1. The zero-order valence-electron chi connectivity index (χ0n) is 16.3. The molecule has 1 saturated heterocycles. The van der Waals surface area contributed by atoms with Crippen LogP contribution < -0.4 is 10.9 Å². The van der Waals surface area contributed by atoms with Crippen LogP contribution in [0.1, 0.15) is 30.0 Å². The van der Waals surface area contributed by atoms with Crippen molar-refractivity contribution in [2.45, 2.75) is 38.1 Å². The van der Waals surface area contributed by atoms with Crippen molar-refractivity contribution in [1.29, 1.82) is 0 Å². The molecule has 2 N–H and O–H groups in total. The second-order valence-electron chi connectivity index (χ2n) is 7.97. The lowest BCUT2D eigenvalue weighted by molar-refractivity contribution is -0.395. The summed E-state index contributed by atoms with van der Waals surface area (Å²) in [5.41, 5.74) is 2.13. The Morgan fingerprint density at radius 2 is 2.10 bits per heavy atom. The fourth-order valence-electron chi connectivity index (χ4n) is 4.77. The van der Waals surface area contributed by atoms with Gasteiger partial charge >= 0.3 is 5.97 Å². The highest BCUT2D eigenvalue weighted by atomic mass is 16.8. The summed E-state index contributed by atoms with van der Waals surface area (Å²) in [6.45, 7) is 1.84. The van der Waals surface area contributed by atoms with E-state index in [1.807, 2.05) is 30.3 Å². The van der Waals surface area contributed by atoms with Crippen LogP contribution >= 0.6 is 0 Å². The summed E-state index contributed by atoms with van der Waals surface area (Å²) >= 11 is 0. The largest absolute Gasteiger partial charge is 0.345 e. The van der Waals surface area contributed by atoms with E-state index in [1.165, 1.54) is 0 Å². The number of pyridine rings is 2. The highest BCUT2D eigenvalue weighted by molar-refractivity contribution is 5.89. The third-order valence-corrected chi connectivity index (χ3v) is 6.32. The quantitative estimate of drug-likeness (QED) is 0.496. The Labute approximate surface area is 171 Å². The molecule has 152 valence electrons. The van der Waals surface area contributed by atoms with Gasteiger partial charge in [-0.3, -0.25) is 9.59 Å². The van der Waals surface area contributed by atoms with Crippen molar-refractivity contribution in [3.05, 3.63) is 63.4 Å². The molecule has 3 aliphatic heterocycles. The summed E-state index contributed by atoms with van der Waals surface area (Å²) in [5.74, 6) is -2.37. The first-order valence-corrected chi connectivity index (χ1v) is 9.95. The van der Waals surface area contributed by atoms with Crippen molar-refractivity contribution in [3.8, 4) is 11.4 Å². The smallest absolute Gasteiger partial charge is 0.300 e. The summed E-state index contributed by atoms with van der Waals surface area (Å²) < 4.78 is 13.0. The molecule has 0 spiro atoms. The van der Waals surface area contributed by atoms with Gasteiger partial charge in [0, 0.05) is 16.5 Å². The van der Waals surface area contributed by atoms with Crippen LogP contribution in [-0.4, -0.2) is 33.1 Å². The van der Waals surface area contributed by atoms with Crippen LogP contribution in [0.5, 0.6) is 0 Å². The topological polar surface area (TPSA) is 103 Å². The van der Waals surface area contributed by atoms with Crippen LogP contribution in [0.3, 0.4) is 0 Å². The van der Waals surface area contributed by atoms with Gasteiger partial charge in [0.15, 0.2) is 5.60 Å². The number of hydrogen-bond acceptors (Lipinski definition) is 6. The molecule has 30 heavy (non-hydrogen) atoms. The summed E-state index contributed by atoms with van der Waals surface area (Å²) in [5, 5.41) is 14.3. The summed E-state index contributed by atoms with van der Waals surface area (Å²) in [4.78, 5) is 31.2. The van der Waals surface area contributed by atoms with Crippen molar-refractivity contribution in [1.82, 2.24) is 14.9 Å². The maximum atomic E-state index is 13.5. The minimum absolute atomic E-state index is 0.145. The third kappa shape index (κ3) is 2.18. The van der Waals surface area contributed by atoms with Crippen LogP contribution in [0, 0.1) is 0 Å². The average molecular weight is 405 g/mol. The fraction of sp³-hybridized carbons (Fsp3) is 0.318. The molecule has 0 unspecified atom stereocenters. The van der Waals surface area contributed by atoms with Gasteiger partial charge in [-0.2, -0.15) is 0 Å². The minimum Gasteiger partial charge on any atom is -0.345 e. The van der Waals surface area contributed by atoms with Gasteiger partial charge in [0.05, 0.1) is 42.2 Å². The monoisotopic (exact) mass is 405 g/mol. The Hall–Kier alpha value is -3.07. The minimum atomic E-state index is -1.98. The molecular weight excluding hydrogens is 386 g/mol. The number of fused-ring (bicyclic) bond motifs is 8. The highest BCUT2D eigenvalue weighted by Crippen LogP contribution is 2.43. The number of morpholine rings is 1. The van der Waals surface area contributed by atoms with E-state index in [4.69, 9.17) is 14.5 Å². The molecular formula is C22H19N3O5. The van der Waals surface area contributed by atoms with E-state index in [2.05, 4.69) is 5.32 Å². The predicted octanol–water partition coefficient (Wildman–Crippen LogP) is 1.35. The number of hydrogen-bond donors (Lipinski definition) is 2. The van der Waals surface area contributed by atoms with E-state index in [1.54, 1.807) is 17.6 Å². The number of β-amino-alcohol motifs (C(OH)–C–C–N with tert-alkyl or cyclic N) is 1. The Morgan fingerprint density at radius 3 is 2.93 bits per heavy atom. The van der Waals surface area contributed by atoms with Gasteiger partial charge in [-0.25, -0.2) is 4.98 Å². The Kier molecular flexibility index (Phi) is 3.41. The Bertz CT molecular complexity index is 1320. The average Bonchev–Trinajstić information content (AvgIpc) is 3.06. The van der Waals surface area contributed by atoms with Gasteiger partial charge in [0.1, 0.15) is 0 Å². The normalized spacial score (nSPS) is 26.5. The standard InChI is InChI=1S/C22H19N3O5/c1-2-21-15-8-17-18-13(7-12-5-3-4-6-16(12)24-18)9-25(17)19(26)14(15)10-29-22(28,30-21)11-23-20(21)27/h3-8,28H,2,9-11H2,1H3,(H,23,27)/t21-,22-/m0/s1. The van der Waals surface area contributed by atoms with E-state index in [0.29, 0.717) is 23.4 Å². The molecule has 1 amide bonds. The number of nitrogens with one attached hydrogen (secondary N) is 1. The third-order valence-electron chi connectivity index (χ3n) is 6.32. The second kappa shape index (κ2) is 5.75. The number of ether oxygens (including phenoxy) is 2. The van der Waals surface area contributed by atoms with Gasteiger partial charge < -0.3 is 24.5 Å². The molecule has 8 heteroatoms. The van der Waals surface area contributed by atoms with Crippen molar-refractivity contribution in [2.75, 3.05) is 6.54 Å². The Balaban J connectivity index is 1.64. The molecule has 3 aromatic rings. The van der Waals surface area contributed by atoms with Crippen molar-refractivity contribution < 1.29 is 19.4 Å². The first-order chi connectivity index (χ1) is 14.4. The summed E-state index contributed by atoms with van der Waals surface area (Å²) in [6.07, 6.45) is 0.235. The molecule has 6 rings (SSSR count). The molecule has 0 saturated carbocycles. The molecule has 0 aliphatic carbocycles. The van der Waals surface area contributed by atoms with Crippen LogP contribution in [-0.2, 0) is 33.0 Å². The van der Waals surface area contributed by atoms with Crippen LogP contribution in [0.4, 0.5) is 0 Å². The van der Waals surface area contributed by atoms with Crippen LogP contribution in [0.2, 0.25) is 0 Å². The maximum absolute atomic E-state index is 13.5. The predicted molar refractivity (Wildman–Crippen MR) is 106 cm³/mol. The van der Waals surface area contributed by atoms with E-state index < -0.39 is 17.5 Å². The molecule has 2 bridgehead atoms. The number of aliphatic hydroxyl groups is 1. The van der Waals surface area contributed by atoms with Crippen LogP contribution in [0.15, 0.2) is 41.2 Å². The Morgan fingerprint density at radius 1 is 1.27 bits per heavy atom. The molecule has 3 aliphatic rings. The summed E-state index contributed by atoms with van der Waals surface area (Å²) in [6, 6.07) is 11.6. The molecule has 8 nitrogen and oxygen atoms in total. The maximum Gasteiger partial charge on any atom is 0.300 e. The molecule has 2 atom stereocenters. The van der Waals surface area contributed by atoms with E-state index in [-0.39, 0.29) is 25.1 Å². The van der Waals surface area contributed by atoms with Gasteiger partial charge in [-0.1, -0.05) is 25.1 Å². The van der Waals surface area contributed by atoms with E-state index >= 15 is 0 Å². The first kappa shape index (κ1) is 17.8. The lowest BCUT2D eigenvalue weighted by Crippen LogP contribution is -2.62. The van der Waals surface area contributed by atoms with E-state index in [0.717, 1.165) is 22.2 Å². The molecule has 2 aromatic heterocycles. The zero-order chi connectivity index (χ0) is 20.7. The van der Waals surface area contributed by atoms with E-state index in [9.17, 15) is 14.7 Å². The fourth-order valence-corrected chi connectivity index (χ4v) is 4.77. The second-order valence-corrected chi connectivity index (χ2v) is 7.97. The van der Waals surface area contributed by atoms with Gasteiger partial charge in [0.25, 0.3) is 11.5 Å².